The van der Waals surface area contributed by atoms with E-state index >= 15 is 0 Å². The predicted octanol–water partition coefficient (Wildman–Crippen LogP) is 2.94. The highest BCUT2D eigenvalue weighted by Crippen LogP contribution is 2.24. The normalized spacial score (nSPS) is 20.9. The summed E-state index contributed by atoms with van der Waals surface area (Å²) in [5.41, 5.74) is 3.66. The lowest BCUT2D eigenvalue weighted by molar-refractivity contribution is 0.400. The highest BCUT2D eigenvalue weighted by atomic mass is 15.0. The first-order valence-electron chi connectivity index (χ1n) is 6.59. The fraction of sp³-hybridized carbons (Fsp3) is 0.500. The van der Waals surface area contributed by atoms with Gasteiger partial charge in [0.05, 0.1) is 17.1 Å². The van der Waals surface area contributed by atoms with Crippen molar-refractivity contribution in [2.45, 2.75) is 38.6 Å². The summed E-state index contributed by atoms with van der Waals surface area (Å²) >= 11 is 0. The molecule has 0 saturated carbocycles. The van der Waals surface area contributed by atoms with Crippen molar-refractivity contribution >= 4 is 11.0 Å². The van der Waals surface area contributed by atoms with Crippen LogP contribution in [0.25, 0.3) is 11.0 Å². The lowest BCUT2D eigenvalue weighted by atomic mass is 10.0. The van der Waals surface area contributed by atoms with Gasteiger partial charge in [-0.25, -0.2) is 4.98 Å². The van der Waals surface area contributed by atoms with Gasteiger partial charge in [0.2, 0.25) is 0 Å². The first kappa shape index (κ1) is 10.8. The molecule has 1 aliphatic rings. The largest absolute Gasteiger partial charge is 0.341 e. The summed E-state index contributed by atoms with van der Waals surface area (Å²) in [4.78, 5) is 8.26. The SMILES string of the molecule is CCc1cccc2[nH]c(C3CCCCN3)nc12. The Balaban J connectivity index is 2.00. The van der Waals surface area contributed by atoms with Crippen molar-refractivity contribution in [2.24, 2.45) is 0 Å². The minimum Gasteiger partial charge on any atom is -0.341 e. The van der Waals surface area contributed by atoms with Crippen LogP contribution in [0.5, 0.6) is 0 Å². The van der Waals surface area contributed by atoms with E-state index < -0.39 is 0 Å². The van der Waals surface area contributed by atoms with Crippen molar-refractivity contribution in [1.82, 2.24) is 15.3 Å². The molecule has 3 heteroatoms. The summed E-state index contributed by atoms with van der Waals surface area (Å²) in [6, 6.07) is 6.81. The third-order valence-corrected chi connectivity index (χ3v) is 3.64. The summed E-state index contributed by atoms with van der Waals surface area (Å²) in [5.74, 6) is 1.11. The number of fused-ring (bicyclic) bond motifs is 1. The molecule has 1 aromatic heterocycles. The minimum absolute atomic E-state index is 0.417. The van der Waals surface area contributed by atoms with E-state index in [4.69, 9.17) is 4.98 Å². The average molecular weight is 229 g/mol. The number of aromatic amines is 1. The molecule has 3 nitrogen and oxygen atoms in total. The van der Waals surface area contributed by atoms with Crippen LogP contribution < -0.4 is 5.32 Å². The molecular weight excluding hydrogens is 210 g/mol. The number of hydrogen-bond donors (Lipinski definition) is 2. The maximum Gasteiger partial charge on any atom is 0.124 e. The van der Waals surface area contributed by atoms with Crippen LogP contribution in [0.1, 0.15) is 43.6 Å². The van der Waals surface area contributed by atoms with Crippen molar-refractivity contribution in [3.63, 3.8) is 0 Å². The first-order chi connectivity index (χ1) is 8.38. The molecule has 1 saturated heterocycles. The van der Waals surface area contributed by atoms with Crippen molar-refractivity contribution < 1.29 is 0 Å². The van der Waals surface area contributed by atoms with Crippen LogP contribution in [0.3, 0.4) is 0 Å². The van der Waals surface area contributed by atoms with E-state index in [0.29, 0.717) is 6.04 Å². The van der Waals surface area contributed by atoms with E-state index in [0.717, 1.165) is 24.3 Å². The molecule has 2 N–H and O–H groups in total. The van der Waals surface area contributed by atoms with Gasteiger partial charge >= 0.3 is 0 Å². The molecule has 1 aromatic carbocycles. The molecule has 17 heavy (non-hydrogen) atoms. The smallest absolute Gasteiger partial charge is 0.124 e. The van der Waals surface area contributed by atoms with Gasteiger partial charge in [0.25, 0.3) is 0 Å². The lowest BCUT2D eigenvalue weighted by Crippen LogP contribution is -2.27. The highest BCUT2D eigenvalue weighted by Gasteiger charge is 2.18. The second-order valence-electron chi connectivity index (χ2n) is 4.79. The number of H-pyrrole nitrogens is 1. The van der Waals surface area contributed by atoms with E-state index in [1.165, 1.54) is 30.3 Å². The number of nitrogens with zero attached hydrogens (tertiary/aromatic N) is 1. The molecule has 1 unspecified atom stereocenters. The molecule has 1 fully saturated rings. The Bertz CT molecular complexity index is 509. The van der Waals surface area contributed by atoms with Crippen LogP contribution >= 0.6 is 0 Å². The van der Waals surface area contributed by atoms with E-state index in [9.17, 15) is 0 Å². The summed E-state index contributed by atoms with van der Waals surface area (Å²) in [6.45, 7) is 3.30. The molecule has 0 aliphatic carbocycles. The van der Waals surface area contributed by atoms with Crippen LogP contribution in [0.4, 0.5) is 0 Å². The third kappa shape index (κ3) is 1.95. The minimum atomic E-state index is 0.417. The number of rotatable bonds is 2. The quantitative estimate of drug-likeness (QED) is 0.831. The maximum atomic E-state index is 4.79. The molecule has 3 rings (SSSR count). The Kier molecular flexibility index (Phi) is 2.85. The summed E-state index contributed by atoms with van der Waals surface area (Å²) < 4.78 is 0. The predicted molar refractivity (Wildman–Crippen MR) is 70.1 cm³/mol. The van der Waals surface area contributed by atoms with E-state index in [-0.39, 0.29) is 0 Å². The molecule has 1 atom stereocenters. The molecule has 2 heterocycles. The van der Waals surface area contributed by atoms with Crippen molar-refractivity contribution in [3.8, 4) is 0 Å². The van der Waals surface area contributed by atoms with Gasteiger partial charge < -0.3 is 10.3 Å². The highest BCUT2D eigenvalue weighted by molar-refractivity contribution is 5.78. The number of benzene rings is 1. The molecule has 0 spiro atoms. The number of para-hydroxylation sites is 1. The van der Waals surface area contributed by atoms with Gasteiger partial charge in [-0.1, -0.05) is 25.5 Å². The zero-order valence-electron chi connectivity index (χ0n) is 10.3. The Morgan fingerprint density at radius 3 is 3.06 bits per heavy atom. The van der Waals surface area contributed by atoms with Gasteiger partial charge in [-0.05, 0) is 37.4 Å². The number of aromatic nitrogens is 2. The van der Waals surface area contributed by atoms with Crippen LogP contribution in [-0.2, 0) is 6.42 Å². The van der Waals surface area contributed by atoms with Gasteiger partial charge in [-0.2, -0.15) is 0 Å². The zero-order valence-corrected chi connectivity index (χ0v) is 10.3. The average Bonchev–Trinajstić information content (AvgIpc) is 2.83. The molecule has 0 bridgehead atoms. The second-order valence-corrected chi connectivity index (χ2v) is 4.79. The Hall–Kier alpha value is -1.35. The fourth-order valence-corrected chi connectivity index (χ4v) is 2.65. The van der Waals surface area contributed by atoms with Crippen molar-refractivity contribution in [2.75, 3.05) is 6.54 Å². The third-order valence-electron chi connectivity index (χ3n) is 3.64. The second kappa shape index (κ2) is 4.49. The van der Waals surface area contributed by atoms with Gasteiger partial charge in [-0.15, -0.1) is 0 Å². The number of piperidine rings is 1. The van der Waals surface area contributed by atoms with Crippen LogP contribution in [0.2, 0.25) is 0 Å². The van der Waals surface area contributed by atoms with E-state index in [1.54, 1.807) is 0 Å². The van der Waals surface area contributed by atoms with E-state index in [1.807, 2.05) is 0 Å². The standard InChI is InChI=1S/C14H19N3/c1-2-10-6-5-8-11-13(10)17-14(16-11)12-7-3-4-9-15-12/h5-6,8,12,15H,2-4,7,9H2,1H3,(H,16,17). The Morgan fingerprint density at radius 2 is 2.29 bits per heavy atom. The van der Waals surface area contributed by atoms with Gasteiger partial charge in [-0.3, -0.25) is 0 Å². The van der Waals surface area contributed by atoms with Gasteiger partial charge in [0, 0.05) is 0 Å². The van der Waals surface area contributed by atoms with Crippen LogP contribution in [0.15, 0.2) is 18.2 Å². The fourth-order valence-electron chi connectivity index (χ4n) is 2.65. The monoisotopic (exact) mass is 229 g/mol. The topological polar surface area (TPSA) is 40.7 Å². The molecule has 0 amide bonds. The van der Waals surface area contributed by atoms with Gasteiger partial charge in [0.1, 0.15) is 5.82 Å². The number of hydrogen-bond acceptors (Lipinski definition) is 2. The molecule has 2 aromatic rings. The number of imidazole rings is 1. The van der Waals surface area contributed by atoms with Gasteiger partial charge in [0.15, 0.2) is 0 Å². The molecular formula is C14H19N3. The lowest BCUT2D eigenvalue weighted by Gasteiger charge is -2.21. The summed E-state index contributed by atoms with van der Waals surface area (Å²) in [5, 5.41) is 3.54. The number of aryl methyl sites for hydroxylation is 1. The summed E-state index contributed by atoms with van der Waals surface area (Å²) in [6.07, 6.45) is 4.83. The number of nitrogens with one attached hydrogen (secondary N) is 2. The van der Waals surface area contributed by atoms with Crippen molar-refractivity contribution in [3.05, 3.63) is 29.6 Å². The molecule has 90 valence electrons. The Labute approximate surface area is 102 Å². The summed E-state index contributed by atoms with van der Waals surface area (Å²) in [7, 11) is 0. The zero-order chi connectivity index (χ0) is 11.7. The maximum absolute atomic E-state index is 4.79. The van der Waals surface area contributed by atoms with Crippen LogP contribution in [-0.4, -0.2) is 16.5 Å². The first-order valence-corrected chi connectivity index (χ1v) is 6.59. The van der Waals surface area contributed by atoms with Crippen molar-refractivity contribution in [1.29, 1.82) is 0 Å². The molecule has 0 radical (unpaired) electrons. The van der Waals surface area contributed by atoms with E-state index in [2.05, 4.69) is 35.4 Å². The molecule has 1 aliphatic heterocycles. The Morgan fingerprint density at radius 1 is 1.35 bits per heavy atom. The van der Waals surface area contributed by atoms with Crippen LogP contribution in [0, 0.1) is 0 Å².